The van der Waals surface area contributed by atoms with Crippen molar-refractivity contribution in [3.63, 3.8) is 0 Å². The van der Waals surface area contributed by atoms with E-state index < -0.39 is 77.9 Å². The maximum atomic E-state index is 9.23. The van der Waals surface area contributed by atoms with Gasteiger partial charge in [-0.1, -0.05) is 0 Å². The summed E-state index contributed by atoms with van der Waals surface area (Å²) in [5, 5.41) is 0. The minimum absolute atomic E-state index is 0.700. The summed E-state index contributed by atoms with van der Waals surface area (Å²) in [6, 6.07) is 42.7. The SMILES string of the molecule is CC(C)(C)N1C(c2ccccc2)=[N+](C(C)(C)C)[Si-]123O[Si-]1(O2)(O[Si-]24(O[Si-]5(O2)(O3)N(C(C)(C)C)C(c2ccccc2)=[N+]5C(C)(C)C)N(C(C)(C)C)C(c2ccccc2)=[N+]4C(C)(C)C)N(C(C)(C)C)C(c2ccccc2)=[N+]1C(C)(C)C. The molecule has 0 aliphatic carbocycles. The molecular formula is C60H92N8O6Si4. The van der Waals surface area contributed by atoms with Gasteiger partial charge in [0.2, 0.25) is 0 Å². The first-order valence-electron chi connectivity index (χ1n) is 28.5. The van der Waals surface area contributed by atoms with Crippen LogP contribution < -0.4 is 0 Å². The first-order chi connectivity index (χ1) is 35.4. The number of hydrogen-bond acceptors (Lipinski definition) is 10. The number of benzene rings is 4. The van der Waals surface area contributed by atoms with E-state index in [2.05, 4.69) is 323 Å². The predicted octanol–water partition coefficient (Wildman–Crippen LogP) is 11.2. The molecule has 14 nitrogen and oxygen atoms in total. The second-order valence-corrected chi connectivity index (χ2v) is 46.7. The van der Waals surface area contributed by atoms with E-state index in [1.165, 1.54) is 0 Å². The van der Waals surface area contributed by atoms with E-state index in [0.717, 1.165) is 45.6 Å². The van der Waals surface area contributed by atoms with Crippen molar-refractivity contribution in [1.29, 1.82) is 0 Å². The molecule has 4 aromatic carbocycles. The van der Waals surface area contributed by atoms with Crippen molar-refractivity contribution < 1.29 is 41.7 Å². The first kappa shape index (κ1) is 55.3. The standard InChI is InChI=1S/C60H92N8O6Si4/c1-53(2,3)61-49(45-37-29-25-30-38-45)62(54(4,5)6)75(61)69-76(70-75,63(55(7,8)9)50(64(76)56(10,11)12)46-39-31-26-32-40-46)74-78(67(59(19,20)21)52(68(78)60(22,23)24)48-43-35-28-36-44-48)71-77(72-78,73-75)65(57(13,14)15)51(66(77)58(16,17)18)47-41-33-27-34-42-47/h25-44H,1-24H3. The molecule has 10 heterocycles. The molecule has 18 heteroatoms. The fourth-order valence-electron chi connectivity index (χ4n) is 15.5. The molecule has 4 bridgehead atoms. The molecule has 6 fully saturated rings. The van der Waals surface area contributed by atoms with Crippen molar-refractivity contribution in [1.82, 2.24) is 18.3 Å². The van der Waals surface area contributed by atoms with Crippen molar-refractivity contribution in [2.75, 3.05) is 0 Å². The zero-order valence-electron chi connectivity index (χ0n) is 51.6. The van der Waals surface area contributed by atoms with Gasteiger partial charge in [-0.15, -0.1) is 0 Å². The minimum atomic E-state index is -5.75. The van der Waals surface area contributed by atoms with Crippen LogP contribution in [0.3, 0.4) is 0 Å². The number of amidine groups is 4. The molecule has 14 rings (SSSR count). The second kappa shape index (κ2) is 14.9. The van der Waals surface area contributed by atoms with Gasteiger partial charge in [-0.05, 0) is 0 Å². The van der Waals surface area contributed by atoms with E-state index in [0.29, 0.717) is 0 Å². The van der Waals surface area contributed by atoms with Crippen LogP contribution in [0.4, 0.5) is 0 Å². The van der Waals surface area contributed by atoms with Crippen molar-refractivity contribution in [2.45, 2.75) is 210 Å². The van der Waals surface area contributed by atoms with E-state index >= 15 is 0 Å². The Morgan fingerprint density at radius 1 is 0.244 bits per heavy atom. The number of rotatable bonds is 4. The van der Waals surface area contributed by atoms with Gasteiger partial charge >= 0.3 is 471 Å². The Labute approximate surface area is 468 Å². The zero-order valence-corrected chi connectivity index (χ0v) is 55.6. The monoisotopic (exact) mass is 1130 g/mol. The van der Waals surface area contributed by atoms with Crippen molar-refractivity contribution in [3.05, 3.63) is 144 Å². The summed E-state index contributed by atoms with van der Waals surface area (Å²) in [5.41, 5.74) is -1.54. The third-order valence-electron chi connectivity index (χ3n) is 16.3. The van der Waals surface area contributed by atoms with Gasteiger partial charge < -0.3 is 0 Å². The average molecular weight is 1130 g/mol. The average Bonchev–Trinajstić information content (AvgIpc) is 3.20. The molecule has 78 heavy (non-hydrogen) atoms. The molecule has 4 aromatic rings. The first-order valence-corrected chi connectivity index (χ1v) is 36.9. The summed E-state index contributed by atoms with van der Waals surface area (Å²) >= 11 is 0. The predicted molar refractivity (Wildman–Crippen MR) is 318 cm³/mol. The van der Waals surface area contributed by atoms with Crippen LogP contribution in [-0.2, 0) is 24.7 Å². The van der Waals surface area contributed by atoms with Crippen LogP contribution in [-0.4, -0.2) is 136 Å². The molecule has 4 spiro atoms. The molecule has 0 amide bonds. The topological polar surface area (TPSA) is 80.4 Å². The molecule has 0 atom stereocenters. The molecule has 6 saturated heterocycles. The molecule has 0 aromatic heterocycles. The summed E-state index contributed by atoms with van der Waals surface area (Å²) in [7, 11) is -23.0. The zero-order chi connectivity index (χ0) is 57.4. The summed E-state index contributed by atoms with van der Waals surface area (Å²) in [6.45, 7) is 54.0. The van der Waals surface area contributed by atoms with Crippen LogP contribution >= 0.6 is 0 Å². The van der Waals surface area contributed by atoms with Crippen LogP contribution in [0.5, 0.6) is 0 Å². The van der Waals surface area contributed by atoms with Crippen LogP contribution in [0, 0.1) is 0 Å². The Morgan fingerprint density at radius 2 is 0.385 bits per heavy atom. The Balaban J connectivity index is 1.43. The van der Waals surface area contributed by atoms with Gasteiger partial charge in [0.05, 0.1) is 0 Å². The van der Waals surface area contributed by atoms with E-state index in [1.54, 1.807) is 0 Å². The van der Waals surface area contributed by atoms with Gasteiger partial charge in [0.25, 0.3) is 0 Å². The van der Waals surface area contributed by atoms with Gasteiger partial charge in [0.15, 0.2) is 0 Å². The molecule has 10 aliphatic heterocycles. The fourth-order valence-corrected chi connectivity index (χ4v) is 57.0. The van der Waals surface area contributed by atoms with E-state index in [-0.39, 0.29) is 0 Å². The number of nitrogens with zero attached hydrogens (tertiary/aromatic N) is 8. The quantitative estimate of drug-likeness (QED) is 0.184. The van der Waals surface area contributed by atoms with Crippen LogP contribution in [0.2, 0.25) is 0 Å². The molecule has 0 saturated carbocycles. The fraction of sp³-hybridized carbons (Fsp3) is 0.533. The normalized spacial score (nSPS) is 26.5. The maximum absolute atomic E-state index is 9.23. The summed E-state index contributed by atoms with van der Waals surface area (Å²) < 4.78 is 74.6. The van der Waals surface area contributed by atoms with Gasteiger partial charge in [-0.2, -0.15) is 0 Å². The third kappa shape index (κ3) is 6.38. The summed E-state index contributed by atoms with van der Waals surface area (Å²) in [5.74, 6) is 3.78. The third-order valence-corrected chi connectivity index (χ3v) is 46.1. The van der Waals surface area contributed by atoms with Gasteiger partial charge in [0, 0.05) is 0 Å². The summed E-state index contributed by atoms with van der Waals surface area (Å²) in [6.07, 6.45) is 0. The number of hydrogen-bond donors (Lipinski definition) is 0. The molecule has 0 N–H and O–H groups in total. The van der Waals surface area contributed by atoms with E-state index in [4.69, 9.17) is 0 Å². The molecule has 424 valence electrons. The van der Waals surface area contributed by atoms with Crippen LogP contribution in [0.25, 0.3) is 0 Å². The Morgan fingerprint density at radius 3 is 0.500 bits per heavy atom. The van der Waals surface area contributed by atoms with E-state index in [1.807, 2.05) is 0 Å². The van der Waals surface area contributed by atoms with Gasteiger partial charge in [-0.25, -0.2) is 0 Å². The molecule has 0 radical (unpaired) electrons. The van der Waals surface area contributed by atoms with Crippen molar-refractivity contribution in [2.24, 2.45) is 0 Å². The van der Waals surface area contributed by atoms with Crippen LogP contribution in [0.1, 0.15) is 188 Å². The van der Waals surface area contributed by atoms with Crippen molar-refractivity contribution in [3.8, 4) is 0 Å². The summed E-state index contributed by atoms with van der Waals surface area (Å²) in [4.78, 5) is 0. The second-order valence-electron chi connectivity index (χ2n) is 31.0. The van der Waals surface area contributed by atoms with Crippen LogP contribution in [0.15, 0.2) is 121 Å². The Hall–Kier alpha value is -4.61. The van der Waals surface area contributed by atoms with Crippen molar-refractivity contribution >= 4 is 57.0 Å². The Kier molecular flexibility index (Phi) is 10.6. The van der Waals surface area contributed by atoms with E-state index in [9.17, 15) is 24.7 Å². The van der Waals surface area contributed by atoms with Gasteiger partial charge in [-0.3, -0.25) is 0 Å². The Bertz CT molecular complexity index is 2910. The molecule has 0 unspecified atom stereocenters. The van der Waals surface area contributed by atoms with Gasteiger partial charge in [0.1, 0.15) is 0 Å². The molecule has 10 aliphatic rings. The molecular weight excluding hydrogens is 1040 g/mol.